The van der Waals surface area contributed by atoms with Crippen LogP contribution in [-0.4, -0.2) is 17.8 Å². The van der Waals surface area contributed by atoms with Gasteiger partial charge < -0.3 is 15.0 Å². The normalized spacial score (nSPS) is 12.1. The molecule has 1 aromatic heterocycles. The minimum atomic E-state index is -0.330. The van der Waals surface area contributed by atoms with Crippen molar-refractivity contribution in [1.82, 2.24) is 5.27 Å². The first-order valence-electron chi connectivity index (χ1n) is 6.01. The molecule has 1 heterocycles. The zero-order valence-corrected chi connectivity index (χ0v) is 10.6. The summed E-state index contributed by atoms with van der Waals surface area (Å²) in [5.74, 6) is -0.358. The van der Waals surface area contributed by atoms with Crippen LogP contribution < -0.4 is 4.68 Å². The Morgan fingerprint density at radius 2 is 2.21 bits per heavy atom. The van der Waals surface area contributed by atoms with Crippen LogP contribution in [0.3, 0.4) is 0 Å². The Morgan fingerprint density at radius 1 is 1.47 bits per heavy atom. The van der Waals surface area contributed by atoms with Gasteiger partial charge in [-0.15, -0.1) is 0 Å². The Bertz CT molecular complexity index is 539. The molecule has 6 heteroatoms. The lowest BCUT2D eigenvalue weighted by Crippen LogP contribution is -2.42. The molecule has 0 saturated carbocycles. The highest BCUT2D eigenvalue weighted by Crippen LogP contribution is 2.17. The van der Waals surface area contributed by atoms with E-state index in [2.05, 4.69) is 5.27 Å². The fourth-order valence-electron chi connectivity index (χ4n) is 1.82. The first-order chi connectivity index (χ1) is 9.20. The van der Waals surface area contributed by atoms with Gasteiger partial charge in [0.15, 0.2) is 5.27 Å². The highest BCUT2D eigenvalue weighted by Gasteiger charge is 2.28. The predicted octanol–water partition coefficient (Wildman–Crippen LogP) is 2.19. The van der Waals surface area contributed by atoms with Gasteiger partial charge in [0.25, 0.3) is 0 Å². The van der Waals surface area contributed by atoms with Gasteiger partial charge in [0.1, 0.15) is 12.3 Å². The molecule has 0 amide bonds. The first-order valence-corrected chi connectivity index (χ1v) is 6.01. The minimum absolute atomic E-state index is 0.0511. The second kappa shape index (κ2) is 5.99. The van der Waals surface area contributed by atoms with Gasteiger partial charge in [0.2, 0.25) is 12.2 Å². The zero-order valence-electron chi connectivity index (χ0n) is 10.6. The van der Waals surface area contributed by atoms with Crippen LogP contribution >= 0.6 is 0 Å². The number of carbonyl (C=O) groups is 1. The van der Waals surface area contributed by atoms with Gasteiger partial charge in [-0.05, 0) is 11.6 Å². The van der Waals surface area contributed by atoms with Crippen LogP contribution in [0.2, 0.25) is 0 Å². The molecule has 2 rings (SSSR count). The van der Waals surface area contributed by atoms with Crippen molar-refractivity contribution in [2.24, 2.45) is 0 Å². The van der Waals surface area contributed by atoms with E-state index in [1.165, 1.54) is 10.9 Å². The molecule has 2 aromatic rings. The first kappa shape index (κ1) is 13.1. The summed E-state index contributed by atoms with van der Waals surface area (Å²) in [4.78, 5) is 11.7. The molecule has 0 radical (unpaired) electrons. The molecule has 6 nitrogen and oxygen atoms in total. The number of aromatic nitrogens is 2. The quantitative estimate of drug-likeness (QED) is 0.610. The number of hydrogen-bond acceptors (Lipinski definition) is 4. The van der Waals surface area contributed by atoms with E-state index < -0.39 is 0 Å². The van der Waals surface area contributed by atoms with Gasteiger partial charge in [-0.3, -0.25) is 4.79 Å². The number of ether oxygens (including phenoxy) is 1. The molecule has 1 unspecified atom stereocenters. The van der Waals surface area contributed by atoms with Gasteiger partial charge in [0, 0.05) is 5.56 Å². The highest BCUT2D eigenvalue weighted by atomic mass is 16.5. The minimum Gasteiger partial charge on any atom is -0.660 e. The van der Waals surface area contributed by atoms with Crippen LogP contribution in [0.4, 0.5) is 5.88 Å². The lowest BCUT2D eigenvalue weighted by molar-refractivity contribution is -0.776. The number of esters is 1. The van der Waals surface area contributed by atoms with E-state index in [0.29, 0.717) is 6.61 Å². The van der Waals surface area contributed by atoms with E-state index in [4.69, 9.17) is 15.0 Å². The molecule has 0 saturated heterocycles. The van der Waals surface area contributed by atoms with E-state index in [1.54, 1.807) is 6.92 Å². The van der Waals surface area contributed by atoms with Crippen molar-refractivity contribution in [2.75, 3.05) is 6.61 Å². The molecule has 1 atom stereocenters. The fourth-order valence-corrected chi connectivity index (χ4v) is 1.82. The standard InChI is InChI=1S/C13H15N3O3/c1-2-18-13(17)8-11(10-6-4-3-5-7-10)16-9-12(14)19-15-16/h3-7,9,11H,2,8H2,1H3,(H-,14,15). The Kier molecular flexibility index (Phi) is 4.12. The van der Waals surface area contributed by atoms with Crippen molar-refractivity contribution >= 4 is 11.9 Å². The van der Waals surface area contributed by atoms with Crippen LogP contribution in [0.15, 0.2) is 41.1 Å². The Balaban J connectivity index is 2.26. The van der Waals surface area contributed by atoms with Crippen LogP contribution in [-0.2, 0) is 9.53 Å². The van der Waals surface area contributed by atoms with Crippen molar-refractivity contribution in [3.05, 3.63) is 47.8 Å². The zero-order chi connectivity index (χ0) is 13.7. The molecule has 0 bridgehead atoms. The molecule has 0 fully saturated rings. The topological polar surface area (TPSA) is 80.0 Å². The van der Waals surface area contributed by atoms with Crippen LogP contribution in [0.1, 0.15) is 24.9 Å². The lowest BCUT2D eigenvalue weighted by atomic mass is 10.0. The Labute approximate surface area is 110 Å². The Hall–Kier alpha value is -2.37. The van der Waals surface area contributed by atoms with Crippen LogP contribution in [0.5, 0.6) is 0 Å². The largest absolute Gasteiger partial charge is 0.660 e. The number of nitrogens with zero attached hydrogens (tertiary/aromatic N) is 2. The van der Waals surface area contributed by atoms with Gasteiger partial charge in [-0.25, -0.2) is 0 Å². The van der Waals surface area contributed by atoms with E-state index in [0.717, 1.165) is 5.56 Å². The molecule has 0 aliphatic heterocycles. The molecule has 0 spiro atoms. The maximum atomic E-state index is 11.7. The molecular weight excluding hydrogens is 246 g/mol. The summed E-state index contributed by atoms with van der Waals surface area (Å²) in [6.07, 6.45) is 1.59. The average molecular weight is 261 g/mol. The number of rotatable bonds is 5. The molecule has 0 aliphatic rings. The highest BCUT2D eigenvalue weighted by molar-refractivity contribution is 5.70. The third-order valence-electron chi connectivity index (χ3n) is 2.65. The van der Waals surface area contributed by atoms with Crippen molar-refractivity contribution in [1.29, 1.82) is 0 Å². The third kappa shape index (κ3) is 3.31. The fraction of sp³-hybridized carbons (Fsp3) is 0.308. The number of nitrogens with one attached hydrogen (secondary N) is 1. The number of hydrogen-bond donors (Lipinski definition) is 0. The third-order valence-corrected chi connectivity index (χ3v) is 2.65. The van der Waals surface area contributed by atoms with E-state index in [-0.39, 0.29) is 24.3 Å². The maximum absolute atomic E-state index is 11.7. The van der Waals surface area contributed by atoms with E-state index in [9.17, 15) is 4.79 Å². The van der Waals surface area contributed by atoms with Crippen molar-refractivity contribution in [3.63, 3.8) is 0 Å². The summed E-state index contributed by atoms with van der Waals surface area (Å²) in [6.45, 7) is 2.11. The molecule has 1 N–H and O–H groups in total. The van der Waals surface area contributed by atoms with Crippen LogP contribution in [0, 0.1) is 0 Å². The van der Waals surface area contributed by atoms with E-state index in [1.807, 2.05) is 30.3 Å². The molecule has 0 aliphatic carbocycles. The summed E-state index contributed by atoms with van der Waals surface area (Å²) in [7, 11) is 0. The van der Waals surface area contributed by atoms with Gasteiger partial charge in [0.05, 0.1) is 6.61 Å². The van der Waals surface area contributed by atoms with Crippen molar-refractivity contribution < 1.29 is 18.7 Å². The van der Waals surface area contributed by atoms with Gasteiger partial charge in [-0.2, -0.15) is 0 Å². The van der Waals surface area contributed by atoms with Crippen molar-refractivity contribution in [3.8, 4) is 0 Å². The monoisotopic (exact) mass is 261 g/mol. The van der Waals surface area contributed by atoms with Gasteiger partial charge >= 0.3 is 5.97 Å². The molecule has 1 aromatic carbocycles. The summed E-state index contributed by atoms with van der Waals surface area (Å²) in [5, 5.41) is 3.75. The molecule has 19 heavy (non-hydrogen) atoms. The lowest BCUT2D eigenvalue weighted by Gasteiger charge is -2.08. The van der Waals surface area contributed by atoms with Crippen molar-refractivity contribution in [2.45, 2.75) is 19.4 Å². The van der Waals surface area contributed by atoms with Gasteiger partial charge in [-0.1, -0.05) is 30.3 Å². The predicted molar refractivity (Wildman–Crippen MR) is 66.5 cm³/mol. The SMILES string of the molecule is CCOC(=O)CC(c1ccccc1)[n+]1cc([NH-])on1. The summed E-state index contributed by atoms with van der Waals surface area (Å²) >= 11 is 0. The van der Waals surface area contributed by atoms with Crippen LogP contribution in [0.25, 0.3) is 5.73 Å². The average Bonchev–Trinajstić information content (AvgIpc) is 2.84. The second-order valence-electron chi connectivity index (χ2n) is 3.98. The van der Waals surface area contributed by atoms with E-state index >= 15 is 0 Å². The Morgan fingerprint density at radius 3 is 2.79 bits per heavy atom. The molecule has 100 valence electrons. The summed E-state index contributed by atoms with van der Waals surface area (Å²) < 4.78 is 11.2. The maximum Gasteiger partial charge on any atom is 0.313 e. The summed E-state index contributed by atoms with van der Waals surface area (Å²) in [5.41, 5.74) is 8.28. The summed E-state index contributed by atoms with van der Waals surface area (Å²) in [6, 6.07) is 9.13. The smallest absolute Gasteiger partial charge is 0.313 e. The number of benzene rings is 1. The number of carbonyl (C=O) groups excluding carboxylic acids is 1. The second-order valence-corrected chi connectivity index (χ2v) is 3.98. The molecular formula is C13H15N3O3.